The summed E-state index contributed by atoms with van der Waals surface area (Å²) in [5.41, 5.74) is 1.20. The summed E-state index contributed by atoms with van der Waals surface area (Å²) >= 11 is 0. The van der Waals surface area contributed by atoms with Crippen LogP contribution in [0.3, 0.4) is 0 Å². The Hall–Kier alpha value is -4.28. The highest BCUT2D eigenvalue weighted by atomic mass is 32.2. The number of hydrogen-bond acceptors (Lipinski definition) is 12. The van der Waals surface area contributed by atoms with Crippen molar-refractivity contribution in [2.24, 2.45) is 0 Å². The van der Waals surface area contributed by atoms with Crippen molar-refractivity contribution in [2.75, 3.05) is 26.4 Å². The lowest BCUT2D eigenvalue weighted by molar-refractivity contribution is 0.293. The topological polar surface area (TPSA) is 254 Å². The molecule has 0 fully saturated rings. The molecule has 0 unspecified atom stereocenters. The number of rotatable bonds is 28. The van der Waals surface area contributed by atoms with Crippen molar-refractivity contribution in [1.82, 2.24) is 0 Å². The van der Waals surface area contributed by atoms with Crippen LogP contribution < -0.4 is 18.9 Å². The minimum atomic E-state index is -4.97. The highest BCUT2D eigenvalue weighted by Gasteiger charge is 2.29. The van der Waals surface area contributed by atoms with E-state index in [1.165, 1.54) is 48.5 Å². The Morgan fingerprint density at radius 1 is 0.306 bits per heavy atom. The molecule has 5 rings (SSSR count). The van der Waals surface area contributed by atoms with Gasteiger partial charge in [-0.3, -0.25) is 18.2 Å². The van der Waals surface area contributed by atoms with E-state index in [0.29, 0.717) is 25.7 Å². The van der Waals surface area contributed by atoms with Gasteiger partial charge in [-0.1, -0.05) is 105 Å². The van der Waals surface area contributed by atoms with Crippen LogP contribution in [-0.4, -0.2) is 78.3 Å². The second-order valence-electron chi connectivity index (χ2n) is 18.5. The molecular formula is C52H72O16S4. The molecule has 0 aliphatic heterocycles. The first-order valence-corrected chi connectivity index (χ1v) is 30.9. The van der Waals surface area contributed by atoms with Gasteiger partial charge in [-0.15, -0.1) is 0 Å². The third-order valence-corrected chi connectivity index (χ3v) is 15.9. The SMILES string of the molecule is CCCCCCOc1c2cc(S(=O)(=O)O)cc1Cc1cc(S(=O)(=O)O)cc(c1OCCCCCC)Cc1cc(S(=O)(=O)O)cc(c1OCCCCCC)Cc1cc(S(=O)(=O)O)cc(c1OCCCCCC)C2. The van der Waals surface area contributed by atoms with E-state index in [1.54, 1.807) is 0 Å². The largest absolute Gasteiger partial charge is 0.493 e. The zero-order valence-electron chi connectivity index (χ0n) is 41.9. The van der Waals surface area contributed by atoms with Gasteiger partial charge < -0.3 is 18.9 Å². The van der Waals surface area contributed by atoms with Gasteiger partial charge in [0.05, 0.1) is 46.0 Å². The predicted molar refractivity (Wildman–Crippen MR) is 275 cm³/mol. The molecule has 72 heavy (non-hydrogen) atoms. The fraction of sp³-hybridized carbons (Fsp3) is 0.538. The summed E-state index contributed by atoms with van der Waals surface area (Å²) in [6.07, 6.45) is 11.6. The van der Waals surface area contributed by atoms with Crippen LogP contribution in [0.5, 0.6) is 23.0 Å². The van der Waals surface area contributed by atoms with E-state index in [0.717, 1.165) is 77.0 Å². The zero-order valence-corrected chi connectivity index (χ0v) is 45.2. The Balaban J connectivity index is 1.98. The second kappa shape index (κ2) is 26.8. The lowest BCUT2D eigenvalue weighted by Crippen LogP contribution is -2.14. The van der Waals surface area contributed by atoms with Crippen LogP contribution >= 0.6 is 0 Å². The van der Waals surface area contributed by atoms with Crippen molar-refractivity contribution in [3.8, 4) is 23.0 Å². The number of fused-ring (bicyclic) bond motifs is 8. The van der Waals surface area contributed by atoms with Crippen molar-refractivity contribution >= 4 is 40.5 Å². The predicted octanol–water partition coefficient (Wildman–Crippen LogP) is 11.2. The molecule has 4 aromatic carbocycles. The van der Waals surface area contributed by atoms with Crippen LogP contribution in [0.1, 0.15) is 175 Å². The minimum Gasteiger partial charge on any atom is -0.493 e. The quantitative estimate of drug-likeness (QED) is 0.0268. The van der Waals surface area contributed by atoms with Gasteiger partial charge in [-0.05, 0) is 74.2 Å². The summed E-state index contributed by atoms with van der Waals surface area (Å²) in [4.78, 5) is -2.22. The molecule has 0 aromatic heterocycles. The van der Waals surface area contributed by atoms with Crippen LogP contribution in [0.2, 0.25) is 0 Å². The molecule has 0 saturated carbocycles. The molecule has 0 amide bonds. The van der Waals surface area contributed by atoms with Gasteiger partial charge in [0, 0.05) is 70.2 Å². The monoisotopic (exact) mass is 1080 g/mol. The molecule has 1 aliphatic carbocycles. The average Bonchev–Trinajstić information content (AvgIpc) is 3.29. The Labute approximate surface area is 427 Å². The highest BCUT2D eigenvalue weighted by Crippen LogP contribution is 2.42. The van der Waals surface area contributed by atoms with Gasteiger partial charge in [-0.2, -0.15) is 33.7 Å². The molecular weight excluding hydrogens is 1010 g/mol. The fourth-order valence-electron chi connectivity index (χ4n) is 8.91. The zero-order chi connectivity index (χ0) is 52.7. The lowest BCUT2D eigenvalue weighted by atomic mass is 9.91. The number of unbranched alkanes of at least 4 members (excludes halogenated alkanes) is 12. The molecule has 20 heteroatoms. The van der Waals surface area contributed by atoms with Crippen molar-refractivity contribution in [3.63, 3.8) is 0 Å². The summed E-state index contributed by atoms with van der Waals surface area (Å²) in [6, 6.07) is 9.60. The van der Waals surface area contributed by atoms with E-state index in [1.807, 2.05) is 27.7 Å². The smallest absolute Gasteiger partial charge is 0.294 e. The number of ether oxygens (including phenoxy) is 4. The van der Waals surface area contributed by atoms with E-state index < -0.39 is 60.1 Å². The van der Waals surface area contributed by atoms with Crippen LogP contribution in [0, 0.1) is 0 Å². The number of benzene rings is 4. The Morgan fingerprint density at radius 3 is 0.611 bits per heavy atom. The first-order valence-electron chi connectivity index (χ1n) is 25.1. The van der Waals surface area contributed by atoms with Gasteiger partial charge in [0.2, 0.25) is 0 Å². The molecule has 0 radical (unpaired) electrons. The highest BCUT2D eigenvalue weighted by molar-refractivity contribution is 7.86. The molecule has 1 aliphatic rings. The molecule has 400 valence electrons. The molecule has 4 aromatic rings. The molecule has 4 N–H and O–H groups in total. The van der Waals surface area contributed by atoms with E-state index in [4.69, 9.17) is 18.9 Å². The third-order valence-electron chi connectivity index (χ3n) is 12.6. The average molecular weight is 1080 g/mol. The van der Waals surface area contributed by atoms with E-state index in [2.05, 4.69) is 0 Å². The normalized spacial score (nSPS) is 13.2. The van der Waals surface area contributed by atoms with Crippen LogP contribution in [0.4, 0.5) is 0 Å². The first kappa shape index (κ1) is 58.6. The Kier molecular flexibility index (Phi) is 21.8. The molecule has 0 saturated heterocycles. The van der Waals surface area contributed by atoms with Crippen molar-refractivity contribution in [1.29, 1.82) is 0 Å². The van der Waals surface area contributed by atoms with Crippen molar-refractivity contribution in [2.45, 2.75) is 176 Å². The molecule has 8 bridgehead atoms. The second-order valence-corrected chi connectivity index (χ2v) is 24.2. The summed E-state index contributed by atoms with van der Waals surface area (Å²) < 4.78 is 175. The van der Waals surface area contributed by atoms with Crippen LogP contribution in [-0.2, 0) is 66.2 Å². The van der Waals surface area contributed by atoms with E-state index >= 15 is 0 Å². The molecule has 0 spiro atoms. The van der Waals surface area contributed by atoms with E-state index in [-0.39, 0.29) is 120 Å². The summed E-state index contributed by atoms with van der Waals surface area (Å²) in [5.74, 6) is 0.586. The maximum atomic E-state index is 13.2. The lowest BCUT2D eigenvalue weighted by Gasteiger charge is -2.24. The molecule has 16 nitrogen and oxygen atoms in total. The Morgan fingerprint density at radius 2 is 0.472 bits per heavy atom. The molecule has 0 heterocycles. The maximum Gasteiger partial charge on any atom is 0.294 e. The van der Waals surface area contributed by atoms with Gasteiger partial charge in [0.1, 0.15) is 23.0 Å². The van der Waals surface area contributed by atoms with Crippen LogP contribution in [0.25, 0.3) is 0 Å². The van der Waals surface area contributed by atoms with Gasteiger partial charge in [0.15, 0.2) is 0 Å². The van der Waals surface area contributed by atoms with Crippen LogP contribution in [0.15, 0.2) is 68.1 Å². The standard InChI is InChI=1S/C52H72O16S4/c1-5-9-13-17-21-65-49-37-25-39-31-46(70(56,57)58)33-41(50(39)66-22-18-14-10-6-2)27-43-35-48(72(62,63)64)36-44(52(43)68-24-20-16-12-8-4)28-42-34-47(71(59,60)61)32-40(51(42)67-23-19-15-11-7-3)26-38(49)30-45(29-37)69(53,54)55/h29-36H,5-28H2,1-4H3,(H,53,54,55)(H,56,57,58)(H,59,60,61)(H,62,63,64). The Bertz CT molecular complexity index is 2440. The van der Waals surface area contributed by atoms with Gasteiger partial charge >= 0.3 is 0 Å². The summed E-state index contributed by atoms with van der Waals surface area (Å²) in [6.45, 7) is 8.77. The summed E-state index contributed by atoms with van der Waals surface area (Å²) in [5, 5.41) is 0. The van der Waals surface area contributed by atoms with Crippen molar-refractivity contribution in [3.05, 3.63) is 93.0 Å². The first-order chi connectivity index (χ1) is 34.1. The summed E-state index contributed by atoms with van der Waals surface area (Å²) in [7, 11) is -19.9. The third kappa shape index (κ3) is 16.9. The van der Waals surface area contributed by atoms with E-state index in [9.17, 15) is 51.9 Å². The maximum absolute atomic E-state index is 13.2. The number of hydrogen-bond donors (Lipinski definition) is 4. The fourth-order valence-corrected chi connectivity index (χ4v) is 11.2. The van der Waals surface area contributed by atoms with Gasteiger partial charge in [-0.25, -0.2) is 0 Å². The minimum absolute atomic E-state index is 0.144. The van der Waals surface area contributed by atoms with Gasteiger partial charge in [0.25, 0.3) is 40.5 Å². The molecule has 0 atom stereocenters. The van der Waals surface area contributed by atoms with Crippen molar-refractivity contribution < 1.29 is 70.8 Å².